The summed E-state index contributed by atoms with van der Waals surface area (Å²) in [6, 6.07) is 8.07. The number of ether oxygens (including phenoxy) is 1. The molecular formula is C14H24IN3O. The fraction of sp³-hybridized carbons (Fsp3) is 0.500. The highest BCUT2D eigenvalue weighted by molar-refractivity contribution is 14.0. The van der Waals surface area contributed by atoms with Gasteiger partial charge in [-0.25, -0.2) is 0 Å². The fourth-order valence-electron chi connectivity index (χ4n) is 1.59. The summed E-state index contributed by atoms with van der Waals surface area (Å²) < 4.78 is 5.82. The van der Waals surface area contributed by atoms with Gasteiger partial charge in [-0.05, 0) is 38.5 Å². The molecule has 0 heterocycles. The summed E-state index contributed by atoms with van der Waals surface area (Å²) in [4.78, 5) is 4.11. The zero-order chi connectivity index (χ0) is 13.4. The number of hydrogen-bond acceptors (Lipinski definition) is 2. The molecule has 2 N–H and O–H groups in total. The Labute approximate surface area is 133 Å². The molecule has 1 atom stereocenters. The molecule has 1 aromatic carbocycles. The van der Waals surface area contributed by atoms with Crippen molar-refractivity contribution in [2.45, 2.75) is 26.9 Å². The summed E-state index contributed by atoms with van der Waals surface area (Å²) in [6.07, 6.45) is 0.0854. The van der Waals surface area contributed by atoms with Crippen LogP contribution in [0.5, 0.6) is 5.75 Å². The Morgan fingerprint density at radius 1 is 1.37 bits per heavy atom. The highest BCUT2D eigenvalue weighted by Gasteiger charge is 2.05. The monoisotopic (exact) mass is 377 g/mol. The predicted octanol–water partition coefficient (Wildman–Crippen LogP) is 2.57. The number of benzene rings is 1. The van der Waals surface area contributed by atoms with Gasteiger partial charge in [0, 0.05) is 13.6 Å². The second-order valence-electron chi connectivity index (χ2n) is 4.23. The topological polar surface area (TPSA) is 45.7 Å². The molecule has 1 unspecified atom stereocenters. The number of aryl methyl sites for hydroxylation is 1. The Bertz CT molecular complexity index is 396. The molecule has 0 aliphatic rings. The Hall–Kier alpha value is -0.980. The van der Waals surface area contributed by atoms with Crippen LogP contribution in [0.4, 0.5) is 0 Å². The highest BCUT2D eigenvalue weighted by atomic mass is 127. The molecule has 108 valence electrons. The molecule has 1 aromatic rings. The first-order valence-corrected chi connectivity index (χ1v) is 6.33. The third-order valence-corrected chi connectivity index (χ3v) is 2.45. The van der Waals surface area contributed by atoms with Crippen molar-refractivity contribution in [1.29, 1.82) is 0 Å². The molecule has 5 heteroatoms. The average Bonchev–Trinajstić information content (AvgIpc) is 2.34. The smallest absolute Gasteiger partial charge is 0.191 e. The zero-order valence-corrected chi connectivity index (χ0v) is 14.4. The van der Waals surface area contributed by atoms with Crippen molar-refractivity contribution in [1.82, 2.24) is 10.6 Å². The van der Waals surface area contributed by atoms with Gasteiger partial charge in [-0.15, -0.1) is 24.0 Å². The lowest BCUT2D eigenvalue weighted by Gasteiger charge is -2.17. The Kier molecular flexibility index (Phi) is 9.38. The molecule has 0 aliphatic heterocycles. The van der Waals surface area contributed by atoms with Crippen molar-refractivity contribution in [3.05, 3.63) is 29.8 Å². The van der Waals surface area contributed by atoms with E-state index in [2.05, 4.69) is 28.6 Å². The second kappa shape index (κ2) is 9.89. The number of aliphatic imine (C=N–C) groups is 1. The van der Waals surface area contributed by atoms with Crippen molar-refractivity contribution in [2.75, 3.05) is 20.1 Å². The van der Waals surface area contributed by atoms with Crippen LogP contribution in [-0.2, 0) is 0 Å². The second-order valence-corrected chi connectivity index (χ2v) is 4.23. The highest BCUT2D eigenvalue weighted by Crippen LogP contribution is 2.13. The van der Waals surface area contributed by atoms with Gasteiger partial charge in [0.25, 0.3) is 0 Å². The summed E-state index contributed by atoms with van der Waals surface area (Å²) in [5.41, 5.74) is 1.20. The van der Waals surface area contributed by atoms with E-state index in [0.29, 0.717) is 6.54 Å². The van der Waals surface area contributed by atoms with Crippen LogP contribution >= 0.6 is 24.0 Å². The Balaban J connectivity index is 0.00000324. The van der Waals surface area contributed by atoms with Gasteiger partial charge in [-0.1, -0.05) is 12.1 Å². The maximum absolute atomic E-state index is 5.82. The predicted molar refractivity (Wildman–Crippen MR) is 91.7 cm³/mol. The summed E-state index contributed by atoms with van der Waals surface area (Å²) in [6.45, 7) is 7.71. The van der Waals surface area contributed by atoms with Crippen LogP contribution in [0.2, 0.25) is 0 Å². The summed E-state index contributed by atoms with van der Waals surface area (Å²) in [5.74, 6) is 1.71. The van der Waals surface area contributed by atoms with E-state index in [4.69, 9.17) is 4.74 Å². The molecule has 0 amide bonds. The molecule has 0 aliphatic carbocycles. The van der Waals surface area contributed by atoms with E-state index >= 15 is 0 Å². The third kappa shape index (κ3) is 7.25. The SMILES string of the molecule is CCNC(=NC)NCC(C)Oc1cccc(C)c1.I. The number of halogens is 1. The minimum atomic E-state index is 0. The molecule has 1 rings (SSSR count). The average molecular weight is 377 g/mol. The van der Waals surface area contributed by atoms with Crippen molar-refractivity contribution in [2.24, 2.45) is 4.99 Å². The van der Waals surface area contributed by atoms with E-state index in [1.165, 1.54) is 5.56 Å². The molecule has 4 nitrogen and oxygen atoms in total. The summed E-state index contributed by atoms with van der Waals surface area (Å²) >= 11 is 0. The van der Waals surface area contributed by atoms with Crippen LogP contribution in [0.25, 0.3) is 0 Å². The Morgan fingerprint density at radius 2 is 2.11 bits per heavy atom. The summed E-state index contributed by atoms with van der Waals surface area (Å²) in [5, 5.41) is 6.36. The first-order chi connectivity index (χ1) is 8.65. The van der Waals surface area contributed by atoms with Gasteiger partial charge in [0.05, 0.1) is 6.54 Å². The van der Waals surface area contributed by atoms with Crippen molar-refractivity contribution >= 4 is 29.9 Å². The molecule has 0 spiro atoms. The number of guanidine groups is 1. The molecular weight excluding hydrogens is 353 g/mol. The van der Waals surface area contributed by atoms with Crippen LogP contribution in [0.15, 0.2) is 29.3 Å². The van der Waals surface area contributed by atoms with Gasteiger partial charge in [0.15, 0.2) is 5.96 Å². The molecule has 0 bridgehead atoms. The lowest BCUT2D eigenvalue weighted by Crippen LogP contribution is -2.41. The molecule has 0 aromatic heterocycles. The van der Waals surface area contributed by atoms with Gasteiger partial charge in [0.1, 0.15) is 11.9 Å². The van der Waals surface area contributed by atoms with E-state index in [1.54, 1.807) is 7.05 Å². The molecule has 0 saturated carbocycles. The maximum atomic E-state index is 5.82. The first kappa shape index (κ1) is 18.0. The van der Waals surface area contributed by atoms with Crippen molar-refractivity contribution < 1.29 is 4.74 Å². The number of hydrogen-bond donors (Lipinski definition) is 2. The van der Waals surface area contributed by atoms with Crippen LogP contribution in [0.3, 0.4) is 0 Å². The van der Waals surface area contributed by atoms with Crippen LogP contribution < -0.4 is 15.4 Å². The first-order valence-electron chi connectivity index (χ1n) is 6.33. The maximum Gasteiger partial charge on any atom is 0.191 e. The molecule has 0 fully saturated rings. The van der Waals surface area contributed by atoms with E-state index in [0.717, 1.165) is 18.3 Å². The molecule has 19 heavy (non-hydrogen) atoms. The number of rotatable bonds is 5. The Morgan fingerprint density at radius 3 is 2.68 bits per heavy atom. The lowest BCUT2D eigenvalue weighted by molar-refractivity contribution is 0.223. The minimum Gasteiger partial charge on any atom is -0.489 e. The molecule has 0 radical (unpaired) electrons. The van der Waals surface area contributed by atoms with Crippen LogP contribution in [0.1, 0.15) is 19.4 Å². The van der Waals surface area contributed by atoms with Gasteiger partial charge in [-0.3, -0.25) is 4.99 Å². The van der Waals surface area contributed by atoms with Gasteiger partial charge < -0.3 is 15.4 Å². The van der Waals surface area contributed by atoms with Gasteiger partial charge >= 0.3 is 0 Å². The van der Waals surface area contributed by atoms with Crippen molar-refractivity contribution in [3.8, 4) is 5.75 Å². The van der Waals surface area contributed by atoms with E-state index in [-0.39, 0.29) is 30.1 Å². The van der Waals surface area contributed by atoms with Crippen LogP contribution in [-0.4, -0.2) is 32.2 Å². The number of nitrogens with zero attached hydrogens (tertiary/aromatic N) is 1. The van der Waals surface area contributed by atoms with E-state index in [1.807, 2.05) is 32.0 Å². The normalized spacial score (nSPS) is 12.3. The quantitative estimate of drug-likeness (QED) is 0.471. The van der Waals surface area contributed by atoms with Crippen molar-refractivity contribution in [3.63, 3.8) is 0 Å². The summed E-state index contributed by atoms with van der Waals surface area (Å²) in [7, 11) is 1.76. The van der Waals surface area contributed by atoms with Gasteiger partial charge in [0.2, 0.25) is 0 Å². The minimum absolute atomic E-state index is 0. The zero-order valence-electron chi connectivity index (χ0n) is 12.1. The fourth-order valence-corrected chi connectivity index (χ4v) is 1.59. The standard InChI is InChI=1S/C14H23N3O.HI/c1-5-16-14(15-4)17-10-12(3)18-13-8-6-7-11(2)9-13;/h6-9,12H,5,10H2,1-4H3,(H2,15,16,17);1H. The van der Waals surface area contributed by atoms with E-state index in [9.17, 15) is 0 Å². The van der Waals surface area contributed by atoms with Gasteiger partial charge in [-0.2, -0.15) is 0 Å². The number of nitrogens with one attached hydrogen (secondary N) is 2. The largest absolute Gasteiger partial charge is 0.489 e. The third-order valence-electron chi connectivity index (χ3n) is 2.45. The lowest BCUT2D eigenvalue weighted by atomic mass is 10.2. The van der Waals surface area contributed by atoms with E-state index < -0.39 is 0 Å². The van der Waals surface area contributed by atoms with Crippen LogP contribution in [0, 0.1) is 6.92 Å². The molecule has 0 saturated heterocycles.